The van der Waals surface area contributed by atoms with E-state index < -0.39 is 0 Å². The van der Waals surface area contributed by atoms with Crippen molar-refractivity contribution in [2.24, 2.45) is 0 Å². The smallest absolute Gasteiger partial charge is 0.201 e. The van der Waals surface area contributed by atoms with E-state index in [-0.39, 0.29) is 0 Å². The molecule has 0 radical (unpaired) electrons. The second-order valence-electron chi connectivity index (χ2n) is 9.19. The summed E-state index contributed by atoms with van der Waals surface area (Å²) >= 11 is 5.62. The fourth-order valence-electron chi connectivity index (χ4n) is 3.92. The van der Waals surface area contributed by atoms with Crippen LogP contribution in [0.5, 0.6) is 0 Å². The number of aromatic amines is 4. The normalized spacial score (nSPS) is 10.2. The Hall–Kier alpha value is -4.89. The molecule has 3 aromatic carbocycles. The Balaban J connectivity index is 0.000000128. The zero-order chi connectivity index (χ0) is 29.0. The topological polar surface area (TPSA) is 141 Å². The number of nitrogens with zero attached hydrogens (tertiary/aromatic N) is 4. The van der Waals surface area contributed by atoms with Gasteiger partial charge < -0.3 is 25.7 Å². The Morgan fingerprint density at radius 1 is 0.756 bits per heavy atom. The molecule has 0 aliphatic rings. The number of aromatic nitrogens is 8. The minimum absolute atomic E-state index is 0.446. The number of nitrogens with two attached hydrogens (primary N) is 1. The highest BCUT2D eigenvalue weighted by Crippen LogP contribution is 2.13. The van der Waals surface area contributed by atoms with E-state index in [1.165, 1.54) is 11.1 Å². The molecular weight excluding hydrogens is 534 g/mol. The molecule has 210 valence electrons. The number of halogens is 1. The lowest BCUT2D eigenvalue weighted by Gasteiger charge is -2.01. The van der Waals surface area contributed by atoms with Gasteiger partial charge in [0.1, 0.15) is 11.6 Å². The van der Waals surface area contributed by atoms with Crippen LogP contribution >= 0.6 is 11.6 Å². The maximum atomic E-state index is 5.62. The van der Waals surface area contributed by atoms with Crippen molar-refractivity contribution in [3.8, 4) is 0 Å². The molecule has 41 heavy (non-hydrogen) atoms. The summed E-state index contributed by atoms with van der Waals surface area (Å²) in [4.78, 5) is 28.4. The van der Waals surface area contributed by atoms with Crippen molar-refractivity contribution in [3.63, 3.8) is 0 Å². The van der Waals surface area contributed by atoms with E-state index in [1.807, 2.05) is 67.8 Å². The predicted molar refractivity (Wildman–Crippen MR) is 167 cm³/mol. The van der Waals surface area contributed by atoms with E-state index in [2.05, 4.69) is 78.0 Å². The van der Waals surface area contributed by atoms with E-state index >= 15 is 0 Å². The van der Waals surface area contributed by atoms with Crippen molar-refractivity contribution < 1.29 is 0 Å². The van der Waals surface area contributed by atoms with Crippen molar-refractivity contribution in [3.05, 3.63) is 125 Å². The Morgan fingerprint density at radius 3 is 1.98 bits per heavy atom. The zero-order valence-electron chi connectivity index (χ0n) is 23.3. The van der Waals surface area contributed by atoms with Crippen LogP contribution in [0.3, 0.4) is 0 Å². The molecule has 9 nitrogen and oxygen atoms in total. The van der Waals surface area contributed by atoms with Crippen LogP contribution in [0.2, 0.25) is 5.28 Å². The molecule has 0 spiro atoms. The molecule has 0 aliphatic carbocycles. The maximum absolute atomic E-state index is 5.62. The molecule has 7 rings (SSSR count). The van der Waals surface area contributed by atoms with E-state index in [0.717, 1.165) is 52.3 Å². The summed E-state index contributed by atoms with van der Waals surface area (Å²) in [5.74, 6) is 2.57. The monoisotopic (exact) mass is 567 g/mol. The number of nitrogens with one attached hydrogen (secondary N) is 4. The first-order valence-corrected chi connectivity index (χ1v) is 13.6. The van der Waals surface area contributed by atoms with Crippen LogP contribution < -0.4 is 5.73 Å². The van der Waals surface area contributed by atoms with E-state index in [9.17, 15) is 0 Å². The lowest BCUT2D eigenvalue weighted by atomic mass is 10.1. The third-order valence-electron chi connectivity index (χ3n) is 6.03. The number of hydrogen-bond acceptors (Lipinski definition) is 5. The molecule has 0 amide bonds. The largest absolute Gasteiger partial charge is 0.369 e. The van der Waals surface area contributed by atoms with Gasteiger partial charge in [-0.05, 0) is 60.8 Å². The molecule has 7 aromatic rings. The van der Waals surface area contributed by atoms with Gasteiger partial charge >= 0.3 is 0 Å². The number of H-pyrrole nitrogens is 4. The third-order valence-corrected chi connectivity index (χ3v) is 6.21. The maximum Gasteiger partial charge on any atom is 0.201 e. The van der Waals surface area contributed by atoms with Crippen LogP contribution in [0.15, 0.2) is 91.4 Å². The fourth-order valence-corrected chi connectivity index (χ4v) is 4.12. The van der Waals surface area contributed by atoms with Gasteiger partial charge in [0.15, 0.2) is 5.95 Å². The van der Waals surface area contributed by atoms with Crippen LogP contribution in [0.25, 0.3) is 22.1 Å². The van der Waals surface area contributed by atoms with Crippen molar-refractivity contribution in [2.45, 2.75) is 33.6 Å². The van der Waals surface area contributed by atoms with Gasteiger partial charge in [0, 0.05) is 37.1 Å². The van der Waals surface area contributed by atoms with Crippen molar-refractivity contribution in [1.29, 1.82) is 0 Å². The second kappa shape index (κ2) is 14.5. The lowest BCUT2D eigenvalue weighted by Crippen LogP contribution is -1.92. The second-order valence-corrected chi connectivity index (χ2v) is 9.55. The third kappa shape index (κ3) is 8.81. The predicted octanol–water partition coefficient (Wildman–Crippen LogP) is 6.95. The summed E-state index contributed by atoms with van der Waals surface area (Å²) in [6.07, 6.45) is 7.37. The number of rotatable bonds is 3. The summed E-state index contributed by atoms with van der Waals surface area (Å²) < 4.78 is 0. The molecule has 0 atom stereocenters. The van der Waals surface area contributed by atoms with Crippen molar-refractivity contribution in [2.75, 3.05) is 5.73 Å². The molecule has 0 saturated carbocycles. The summed E-state index contributed by atoms with van der Waals surface area (Å²) in [5.41, 5.74) is 13.0. The molecule has 4 heterocycles. The highest BCUT2D eigenvalue weighted by molar-refractivity contribution is 6.29. The van der Waals surface area contributed by atoms with E-state index in [0.29, 0.717) is 11.2 Å². The Kier molecular flexibility index (Phi) is 10.3. The Labute approximate surface area is 243 Å². The first kappa shape index (κ1) is 29.1. The van der Waals surface area contributed by atoms with Crippen LogP contribution in [-0.4, -0.2) is 39.9 Å². The number of benzene rings is 3. The number of fused-ring (bicyclic) bond motifs is 2. The fraction of sp³-hybridized carbons (Fsp3) is 0.161. The minimum atomic E-state index is 0.446. The average Bonchev–Trinajstić information content (AvgIpc) is 3.77. The minimum Gasteiger partial charge on any atom is -0.369 e. The van der Waals surface area contributed by atoms with Crippen LogP contribution in [0.1, 0.15) is 35.4 Å². The first-order chi connectivity index (χ1) is 19.9. The van der Waals surface area contributed by atoms with Crippen LogP contribution in [0, 0.1) is 13.8 Å². The number of anilines is 1. The highest BCUT2D eigenvalue weighted by Gasteiger charge is 2.00. The van der Waals surface area contributed by atoms with Crippen molar-refractivity contribution in [1.82, 2.24) is 39.9 Å². The van der Waals surface area contributed by atoms with Crippen molar-refractivity contribution >= 4 is 39.6 Å². The number of para-hydroxylation sites is 4. The SMILES string of the molecule is CCc1ncc(C)[nH]1.Cc1ccccc1Cc1ncc[nH]1.Clc1nc2ccccc2[nH]1.Nc1nc2ccccc2[nH]1. The molecule has 0 saturated heterocycles. The summed E-state index contributed by atoms with van der Waals surface area (Å²) in [6.45, 7) is 6.21. The number of imidazole rings is 4. The standard InChI is InChI=1S/C11H12N2.C7H5ClN2.C7H7N3.C6H10N2/c1-9-4-2-3-5-10(9)8-11-12-6-7-13-11;2*8-7-9-5-3-1-2-4-6(5)10-7;1-3-6-7-4-5(2)8-6/h2-7H,8H2,1H3,(H,12,13);1-4H,(H,9,10);1-4H,(H3,8,9,10);4H,3H2,1-2H3,(H,7,8). The Morgan fingerprint density at radius 2 is 1.41 bits per heavy atom. The molecule has 0 unspecified atom stereocenters. The molecule has 0 fully saturated rings. The molecule has 4 aromatic heterocycles. The van der Waals surface area contributed by atoms with E-state index in [1.54, 1.807) is 6.20 Å². The number of nitrogen functional groups attached to an aromatic ring is 1. The van der Waals surface area contributed by atoms with Gasteiger partial charge in [-0.25, -0.2) is 19.9 Å². The summed E-state index contributed by atoms with van der Waals surface area (Å²) in [5, 5.41) is 0.446. The first-order valence-electron chi connectivity index (χ1n) is 13.2. The summed E-state index contributed by atoms with van der Waals surface area (Å²) in [7, 11) is 0. The molecular formula is C31H34ClN9. The number of aryl methyl sites for hydroxylation is 3. The Bertz CT molecular complexity index is 1630. The molecule has 0 aliphatic heterocycles. The van der Waals surface area contributed by atoms with Gasteiger partial charge in [0.2, 0.25) is 5.28 Å². The van der Waals surface area contributed by atoms with Gasteiger partial charge in [0.25, 0.3) is 0 Å². The molecule has 0 bridgehead atoms. The van der Waals surface area contributed by atoms with Crippen LogP contribution in [-0.2, 0) is 12.8 Å². The molecule has 6 N–H and O–H groups in total. The summed E-state index contributed by atoms with van der Waals surface area (Å²) in [6, 6.07) is 23.8. The highest BCUT2D eigenvalue weighted by atomic mass is 35.5. The van der Waals surface area contributed by atoms with Gasteiger partial charge in [-0.2, -0.15) is 0 Å². The van der Waals surface area contributed by atoms with E-state index in [4.69, 9.17) is 17.3 Å². The average molecular weight is 568 g/mol. The van der Waals surface area contributed by atoms with Gasteiger partial charge in [-0.15, -0.1) is 0 Å². The van der Waals surface area contributed by atoms with Gasteiger partial charge in [0.05, 0.1) is 22.1 Å². The molecule has 10 heteroatoms. The number of hydrogen-bond donors (Lipinski definition) is 5. The quantitative estimate of drug-likeness (QED) is 0.157. The zero-order valence-corrected chi connectivity index (χ0v) is 24.1. The van der Waals surface area contributed by atoms with Gasteiger partial charge in [-0.3, -0.25) is 0 Å². The van der Waals surface area contributed by atoms with Gasteiger partial charge in [-0.1, -0.05) is 55.5 Å². The van der Waals surface area contributed by atoms with Crippen LogP contribution in [0.4, 0.5) is 5.95 Å². The lowest BCUT2D eigenvalue weighted by molar-refractivity contribution is 0.982.